The number of rotatable bonds is 41. The molecule has 0 aliphatic carbocycles. The van der Waals surface area contributed by atoms with Crippen molar-refractivity contribution < 1.29 is 52.9 Å². The van der Waals surface area contributed by atoms with Crippen LogP contribution in [0.2, 0.25) is 0 Å². The number of ether oxygens (including phenoxy) is 2. The van der Waals surface area contributed by atoms with E-state index in [2.05, 4.69) is 54.8 Å². The minimum Gasteiger partial charge on any atom is -0.462 e. The van der Waals surface area contributed by atoms with Crippen molar-refractivity contribution in [2.24, 2.45) is 0 Å². The van der Waals surface area contributed by atoms with Gasteiger partial charge in [-0.05, 0) is 70.6 Å². The van der Waals surface area contributed by atoms with Crippen LogP contribution >= 0.6 is 7.82 Å². The van der Waals surface area contributed by atoms with Crippen molar-refractivity contribution in [1.82, 2.24) is 0 Å². The molecule has 0 rings (SSSR count). The van der Waals surface area contributed by atoms with Crippen molar-refractivity contribution in [1.29, 1.82) is 0 Å². The summed E-state index contributed by atoms with van der Waals surface area (Å²) in [5.41, 5.74) is 0. The van der Waals surface area contributed by atoms with Gasteiger partial charge in [-0.3, -0.25) is 18.6 Å². The zero-order valence-corrected chi connectivity index (χ0v) is 37.0. The van der Waals surface area contributed by atoms with Crippen molar-refractivity contribution in [3.8, 4) is 0 Å². The molecule has 0 aliphatic heterocycles. The van der Waals surface area contributed by atoms with Crippen LogP contribution < -0.4 is 0 Å². The summed E-state index contributed by atoms with van der Waals surface area (Å²) in [6.07, 6.45) is 42.1. The van der Waals surface area contributed by atoms with Gasteiger partial charge in [-0.15, -0.1) is 0 Å². The molecule has 4 N–H and O–H groups in total. The maximum atomic E-state index is 12.6. The highest BCUT2D eigenvalue weighted by Crippen LogP contribution is 2.43. The molecule has 336 valence electrons. The highest BCUT2D eigenvalue weighted by atomic mass is 31.2. The molecule has 0 saturated heterocycles. The molecule has 11 nitrogen and oxygen atoms in total. The molecule has 58 heavy (non-hydrogen) atoms. The topological polar surface area (TPSA) is 169 Å². The molecule has 0 saturated carbocycles. The lowest BCUT2D eigenvalue weighted by molar-refractivity contribution is -0.161. The molecule has 0 aromatic rings. The maximum absolute atomic E-state index is 12.6. The zero-order chi connectivity index (χ0) is 42.8. The number of phosphoric acid groups is 1. The minimum atomic E-state index is -4.68. The fraction of sp³-hybridized carbons (Fsp3) is 0.739. The SMILES string of the molecule is CCCCC/C=C\C/C=C\CCCCCCCCCC(=O)OC[C@H](COP(=O)(O)OC[C@@H](O)CO)OC(=O)CCCC(O)/C=C/C=C/C/C=C/CCCCCCCC. The molecule has 0 aromatic heterocycles. The van der Waals surface area contributed by atoms with Crippen LogP contribution in [0.25, 0.3) is 0 Å². The number of hydrogen-bond donors (Lipinski definition) is 4. The Kier molecular flexibility index (Phi) is 39.7. The summed E-state index contributed by atoms with van der Waals surface area (Å²) in [5, 5.41) is 28.6. The normalized spacial score (nSPS) is 14.9. The van der Waals surface area contributed by atoms with E-state index in [9.17, 15) is 29.3 Å². The van der Waals surface area contributed by atoms with Gasteiger partial charge in [0.15, 0.2) is 6.10 Å². The number of unbranched alkanes of at least 4 members (excludes halogenated alkanes) is 16. The zero-order valence-electron chi connectivity index (χ0n) is 36.1. The molecule has 0 spiro atoms. The Morgan fingerprint density at radius 3 is 1.69 bits per heavy atom. The van der Waals surface area contributed by atoms with E-state index in [1.165, 1.54) is 77.0 Å². The number of esters is 2. The average Bonchev–Trinajstić information content (AvgIpc) is 3.20. The molecule has 4 atom stereocenters. The second-order valence-corrected chi connectivity index (χ2v) is 16.4. The fourth-order valence-corrected chi connectivity index (χ4v) is 6.53. The van der Waals surface area contributed by atoms with Crippen LogP contribution in [0.4, 0.5) is 0 Å². The third-order valence-electron chi connectivity index (χ3n) is 9.25. The first-order valence-electron chi connectivity index (χ1n) is 22.4. The number of aliphatic hydroxyl groups excluding tert-OH is 3. The molecule has 0 aromatic carbocycles. The summed E-state index contributed by atoms with van der Waals surface area (Å²) >= 11 is 0. The van der Waals surface area contributed by atoms with Gasteiger partial charge in [0.2, 0.25) is 0 Å². The van der Waals surface area contributed by atoms with Crippen molar-refractivity contribution in [3.05, 3.63) is 60.8 Å². The number of allylic oxidation sites excluding steroid dienone is 9. The summed E-state index contributed by atoms with van der Waals surface area (Å²) in [6, 6.07) is 0. The van der Waals surface area contributed by atoms with Gasteiger partial charge in [0.05, 0.1) is 25.9 Å². The Morgan fingerprint density at radius 1 is 0.586 bits per heavy atom. The molecular formula is C46H81O11P. The van der Waals surface area contributed by atoms with Crippen LogP contribution in [-0.2, 0) is 32.7 Å². The first-order chi connectivity index (χ1) is 28.1. The summed E-state index contributed by atoms with van der Waals surface area (Å²) in [5.74, 6) is -1.13. The molecule has 0 aliphatic rings. The van der Waals surface area contributed by atoms with Gasteiger partial charge in [0, 0.05) is 12.8 Å². The minimum absolute atomic E-state index is 0.0435. The number of carbonyl (C=O) groups is 2. The lowest BCUT2D eigenvalue weighted by Gasteiger charge is -2.20. The summed E-state index contributed by atoms with van der Waals surface area (Å²) < 4.78 is 32.6. The van der Waals surface area contributed by atoms with Crippen molar-refractivity contribution in [2.75, 3.05) is 26.4 Å². The van der Waals surface area contributed by atoms with Crippen LogP contribution in [0.5, 0.6) is 0 Å². The third-order valence-corrected chi connectivity index (χ3v) is 10.2. The number of aliphatic hydroxyl groups is 3. The predicted molar refractivity (Wildman–Crippen MR) is 234 cm³/mol. The van der Waals surface area contributed by atoms with E-state index in [0.29, 0.717) is 19.3 Å². The van der Waals surface area contributed by atoms with Gasteiger partial charge in [0.25, 0.3) is 0 Å². The van der Waals surface area contributed by atoms with Gasteiger partial charge >= 0.3 is 19.8 Å². The summed E-state index contributed by atoms with van der Waals surface area (Å²) in [4.78, 5) is 35.0. The monoisotopic (exact) mass is 841 g/mol. The molecule has 12 heteroatoms. The standard InChI is InChI=1S/C46H81O11P/c1-3-5-7-9-11-13-15-17-18-19-20-22-24-26-28-30-32-36-45(50)54-40-44(41-56-58(52,53)55-39-43(49)38-47)57-46(51)37-33-35-42(48)34-31-29-27-25-23-21-16-14-12-10-8-6-4-2/h11,13,17-18,21,23,27,29,31,34,42-44,47-49H,3-10,12,14-16,19-20,22,24-26,28,30,32-33,35-41H2,1-2H3,(H,52,53)/b13-11-,18-17-,23-21+,29-27+,34-31+/t42?,43-,44+/m0/s1. The maximum Gasteiger partial charge on any atom is 0.472 e. The molecule has 0 radical (unpaired) electrons. The first-order valence-corrected chi connectivity index (χ1v) is 23.8. The quantitative estimate of drug-likeness (QED) is 0.0152. The van der Waals surface area contributed by atoms with Crippen LogP contribution in [0.15, 0.2) is 60.8 Å². The fourth-order valence-electron chi connectivity index (χ4n) is 5.74. The van der Waals surface area contributed by atoms with E-state index >= 15 is 0 Å². The number of hydrogen-bond acceptors (Lipinski definition) is 10. The molecule has 2 unspecified atom stereocenters. The van der Waals surface area contributed by atoms with Gasteiger partial charge in [-0.25, -0.2) is 4.57 Å². The predicted octanol–water partition coefficient (Wildman–Crippen LogP) is 10.9. The highest BCUT2D eigenvalue weighted by Gasteiger charge is 2.27. The largest absolute Gasteiger partial charge is 0.472 e. The molecule has 0 fully saturated rings. The Hall–Kier alpha value is -2.37. The van der Waals surface area contributed by atoms with Gasteiger partial charge < -0.3 is 29.7 Å². The van der Waals surface area contributed by atoms with Crippen LogP contribution in [0.1, 0.15) is 174 Å². The van der Waals surface area contributed by atoms with E-state index in [-0.39, 0.29) is 19.4 Å². The molecule has 0 heterocycles. The van der Waals surface area contributed by atoms with Crippen LogP contribution in [-0.4, -0.2) is 76.9 Å². The molecule has 0 bridgehead atoms. The lowest BCUT2D eigenvalue weighted by Crippen LogP contribution is -2.30. The van der Waals surface area contributed by atoms with Gasteiger partial charge in [-0.2, -0.15) is 0 Å². The summed E-state index contributed by atoms with van der Waals surface area (Å²) in [6.45, 7) is 2.12. The second kappa shape index (κ2) is 41.4. The Bertz CT molecular complexity index is 1170. The van der Waals surface area contributed by atoms with Crippen LogP contribution in [0, 0.1) is 0 Å². The van der Waals surface area contributed by atoms with E-state index < -0.39 is 57.9 Å². The smallest absolute Gasteiger partial charge is 0.462 e. The molecular weight excluding hydrogens is 759 g/mol. The van der Waals surface area contributed by atoms with E-state index in [0.717, 1.165) is 51.4 Å². The second-order valence-electron chi connectivity index (χ2n) is 14.9. The third kappa shape index (κ3) is 40.4. The van der Waals surface area contributed by atoms with E-state index in [4.69, 9.17) is 19.1 Å². The Labute approximate surface area is 351 Å². The number of carbonyl (C=O) groups excluding carboxylic acids is 2. The van der Waals surface area contributed by atoms with Crippen molar-refractivity contribution in [2.45, 2.75) is 193 Å². The van der Waals surface area contributed by atoms with Crippen LogP contribution in [0.3, 0.4) is 0 Å². The van der Waals surface area contributed by atoms with Gasteiger partial charge in [-0.1, -0.05) is 152 Å². The van der Waals surface area contributed by atoms with E-state index in [1.807, 2.05) is 12.2 Å². The Morgan fingerprint density at radius 2 is 1.09 bits per heavy atom. The van der Waals surface area contributed by atoms with Crippen molar-refractivity contribution >= 4 is 19.8 Å². The van der Waals surface area contributed by atoms with E-state index in [1.54, 1.807) is 12.2 Å². The van der Waals surface area contributed by atoms with Crippen molar-refractivity contribution in [3.63, 3.8) is 0 Å². The lowest BCUT2D eigenvalue weighted by atomic mass is 10.1. The average molecular weight is 841 g/mol. The molecule has 0 amide bonds. The summed E-state index contributed by atoms with van der Waals surface area (Å²) in [7, 11) is -4.68. The highest BCUT2D eigenvalue weighted by molar-refractivity contribution is 7.47. The van der Waals surface area contributed by atoms with Gasteiger partial charge in [0.1, 0.15) is 12.7 Å². The first kappa shape index (κ1) is 55.6. The Balaban J connectivity index is 4.48. The number of phosphoric ester groups is 1.